The highest BCUT2D eigenvalue weighted by atomic mass is 16.6. The molecule has 3 heterocycles. The molecule has 3 rings (SSSR count). The third-order valence-electron chi connectivity index (χ3n) is 3.65. The number of H-pyrrole nitrogens is 1. The van der Waals surface area contributed by atoms with Crippen molar-refractivity contribution in [3.8, 4) is 0 Å². The summed E-state index contributed by atoms with van der Waals surface area (Å²) in [6.07, 6.45) is 2.84. The van der Waals surface area contributed by atoms with Crippen molar-refractivity contribution in [2.75, 3.05) is 11.9 Å². The van der Waals surface area contributed by atoms with E-state index < -0.39 is 11.1 Å². The fourth-order valence-corrected chi connectivity index (χ4v) is 2.53. The van der Waals surface area contributed by atoms with Crippen molar-refractivity contribution >= 4 is 22.7 Å². The molecule has 0 spiro atoms. The van der Waals surface area contributed by atoms with Crippen LogP contribution >= 0.6 is 0 Å². The summed E-state index contributed by atoms with van der Waals surface area (Å²) in [6, 6.07) is 0. The molecule has 9 heteroatoms. The van der Waals surface area contributed by atoms with E-state index in [9.17, 15) is 9.59 Å². The van der Waals surface area contributed by atoms with Crippen LogP contribution in [0.4, 0.5) is 5.95 Å². The first-order valence-corrected chi connectivity index (χ1v) is 7.57. The van der Waals surface area contributed by atoms with Crippen molar-refractivity contribution in [2.45, 2.75) is 39.3 Å². The predicted molar refractivity (Wildman–Crippen MR) is 85.8 cm³/mol. The zero-order valence-electron chi connectivity index (χ0n) is 13.0. The van der Waals surface area contributed by atoms with E-state index in [2.05, 4.69) is 25.4 Å². The Morgan fingerprint density at radius 3 is 2.96 bits per heavy atom. The Kier molecular flexibility index (Phi) is 4.09. The first-order valence-electron chi connectivity index (χ1n) is 7.57. The fraction of sp³-hybridized carbons (Fsp3) is 0.500. The van der Waals surface area contributed by atoms with Crippen LogP contribution in [-0.2, 0) is 11.4 Å². The van der Waals surface area contributed by atoms with E-state index in [0.29, 0.717) is 19.5 Å². The Bertz CT molecular complexity index is 869. The van der Waals surface area contributed by atoms with Gasteiger partial charge in [-0.2, -0.15) is 4.98 Å². The Morgan fingerprint density at radius 1 is 1.43 bits per heavy atom. The van der Waals surface area contributed by atoms with Gasteiger partial charge in [-0.25, -0.2) is 4.98 Å². The molecule has 0 fully saturated rings. The number of aromatic nitrogens is 4. The second kappa shape index (κ2) is 6.19. The Morgan fingerprint density at radius 2 is 2.26 bits per heavy atom. The molecule has 1 aliphatic heterocycles. The van der Waals surface area contributed by atoms with Gasteiger partial charge < -0.3 is 14.7 Å². The van der Waals surface area contributed by atoms with Crippen LogP contribution < -0.4 is 16.4 Å². The summed E-state index contributed by atoms with van der Waals surface area (Å²) in [6.45, 7) is 4.79. The number of fused-ring (bicyclic) bond motifs is 1. The van der Waals surface area contributed by atoms with Gasteiger partial charge in [-0.1, -0.05) is 12.1 Å². The summed E-state index contributed by atoms with van der Waals surface area (Å²) in [5, 5.41) is 6.83. The van der Waals surface area contributed by atoms with Gasteiger partial charge in [0.1, 0.15) is 5.52 Å². The molecule has 0 saturated heterocycles. The first kappa shape index (κ1) is 15.2. The van der Waals surface area contributed by atoms with Gasteiger partial charge in [0.15, 0.2) is 11.6 Å². The Labute approximate surface area is 131 Å². The zero-order chi connectivity index (χ0) is 16.4. The minimum atomic E-state index is -0.550. The molecule has 0 bridgehead atoms. The molecule has 1 atom stereocenters. The lowest BCUT2D eigenvalue weighted by Gasteiger charge is -2.08. The minimum Gasteiger partial charge on any atom is -0.390 e. The smallest absolute Gasteiger partial charge is 0.301 e. The van der Waals surface area contributed by atoms with Gasteiger partial charge in [-0.05, 0) is 13.3 Å². The average Bonchev–Trinajstić information content (AvgIpc) is 3.11. The van der Waals surface area contributed by atoms with Gasteiger partial charge in [-0.15, -0.1) is 0 Å². The number of nitrogens with one attached hydrogen (secondary N) is 2. The largest absolute Gasteiger partial charge is 0.390 e. The van der Waals surface area contributed by atoms with E-state index in [0.717, 1.165) is 12.1 Å². The van der Waals surface area contributed by atoms with Crippen LogP contribution in [0.2, 0.25) is 0 Å². The molecule has 2 aromatic heterocycles. The lowest BCUT2D eigenvalue weighted by atomic mass is 10.1. The van der Waals surface area contributed by atoms with E-state index in [1.165, 1.54) is 6.33 Å². The number of anilines is 1. The minimum absolute atomic E-state index is 0.0463. The van der Waals surface area contributed by atoms with Crippen molar-refractivity contribution in [3.63, 3.8) is 0 Å². The number of hydrogen-bond acceptors (Lipinski definition) is 7. The summed E-state index contributed by atoms with van der Waals surface area (Å²) in [5.41, 5.74) is 0.258. The quantitative estimate of drug-likeness (QED) is 0.828. The Hall–Kier alpha value is -2.71. The molecule has 122 valence electrons. The maximum absolute atomic E-state index is 12.4. The number of oxime groups is 1. The van der Waals surface area contributed by atoms with Crippen LogP contribution in [0.25, 0.3) is 11.0 Å². The molecule has 0 amide bonds. The van der Waals surface area contributed by atoms with Crippen LogP contribution in [0.3, 0.4) is 0 Å². The van der Waals surface area contributed by atoms with Crippen molar-refractivity contribution in [1.29, 1.82) is 0 Å². The maximum Gasteiger partial charge on any atom is 0.301 e. The van der Waals surface area contributed by atoms with E-state index in [4.69, 9.17) is 4.84 Å². The number of hydrogen-bond donors (Lipinski definition) is 2. The molecule has 0 saturated carbocycles. The van der Waals surface area contributed by atoms with Gasteiger partial charge in [0.25, 0.3) is 5.56 Å². The van der Waals surface area contributed by atoms with Gasteiger partial charge in [-0.3, -0.25) is 14.6 Å². The summed E-state index contributed by atoms with van der Waals surface area (Å²) in [5.74, 6) is 0.140. The van der Waals surface area contributed by atoms with Crippen LogP contribution in [0.15, 0.2) is 21.1 Å². The molecule has 2 N–H and O–H groups in total. The lowest BCUT2D eigenvalue weighted by molar-refractivity contribution is 0.0733. The SMILES string of the molecule is CCNc1nc(=O)c2ncn(CC3CC(CC)=NO3)c2c(=O)[nH]1. The fourth-order valence-electron chi connectivity index (χ4n) is 2.53. The van der Waals surface area contributed by atoms with Crippen LogP contribution in [0, 0.1) is 0 Å². The standard InChI is InChI=1S/C14H18N6O3/c1-3-8-5-9(23-19-8)6-20-7-16-10-11(20)13(22)18-14(15-4-2)17-12(10)21/h7,9H,3-6H2,1-2H3,(H2,15,17,18,21,22). The zero-order valence-corrected chi connectivity index (χ0v) is 13.0. The van der Waals surface area contributed by atoms with Gasteiger partial charge in [0.2, 0.25) is 5.95 Å². The molecule has 1 aliphatic rings. The molecule has 2 aromatic rings. The van der Waals surface area contributed by atoms with Gasteiger partial charge >= 0.3 is 5.56 Å². The third kappa shape index (κ3) is 2.94. The number of aromatic amines is 1. The maximum atomic E-state index is 12.4. The molecule has 23 heavy (non-hydrogen) atoms. The van der Waals surface area contributed by atoms with Crippen LogP contribution in [0.1, 0.15) is 26.7 Å². The molecule has 1 unspecified atom stereocenters. The highest BCUT2D eigenvalue weighted by Crippen LogP contribution is 2.15. The summed E-state index contributed by atoms with van der Waals surface area (Å²) in [7, 11) is 0. The second-order valence-electron chi connectivity index (χ2n) is 5.29. The second-order valence-corrected chi connectivity index (χ2v) is 5.29. The highest BCUT2D eigenvalue weighted by molar-refractivity contribution is 5.85. The van der Waals surface area contributed by atoms with Gasteiger partial charge in [0, 0.05) is 13.0 Å². The topological polar surface area (TPSA) is 114 Å². The lowest BCUT2D eigenvalue weighted by Crippen LogP contribution is -2.19. The summed E-state index contributed by atoms with van der Waals surface area (Å²) < 4.78 is 1.62. The molecular weight excluding hydrogens is 300 g/mol. The third-order valence-corrected chi connectivity index (χ3v) is 3.65. The van der Waals surface area contributed by atoms with Crippen molar-refractivity contribution in [1.82, 2.24) is 19.5 Å². The van der Waals surface area contributed by atoms with E-state index in [1.807, 2.05) is 13.8 Å². The number of nitrogens with zero attached hydrogens (tertiary/aromatic N) is 4. The highest BCUT2D eigenvalue weighted by Gasteiger charge is 2.22. The average molecular weight is 318 g/mol. The first-order chi connectivity index (χ1) is 11.1. The van der Waals surface area contributed by atoms with Crippen molar-refractivity contribution in [2.24, 2.45) is 5.16 Å². The monoisotopic (exact) mass is 318 g/mol. The van der Waals surface area contributed by atoms with E-state index >= 15 is 0 Å². The molecule has 0 radical (unpaired) electrons. The van der Waals surface area contributed by atoms with Crippen molar-refractivity contribution in [3.05, 3.63) is 27.0 Å². The number of imidazole rings is 1. The molecule has 0 aromatic carbocycles. The van der Waals surface area contributed by atoms with Crippen LogP contribution in [0.5, 0.6) is 0 Å². The summed E-state index contributed by atoms with van der Waals surface area (Å²) in [4.78, 5) is 40.4. The molecule has 0 aliphatic carbocycles. The summed E-state index contributed by atoms with van der Waals surface area (Å²) >= 11 is 0. The van der Waals surface area contributed by atoms with E-state index in [-0.39, 0.29) is 23.1 Å². The van der Waals surface area contributed by atoms with Crippen LogP contribution in [-0.4, -0.2) is 37.9 Å². The predicted octanol–water partition coefficient (Wildman–Crippen LogP) is 0.466. The molecular formula is C14H18N6O3. The van der Waals surface area contributed by atoms with Crippen molar-refractivity contribution < 1.29 is 4.84 Å². The Balaban J connectivity index is 2.00. The molecule has 9 nitrogen and oxygen atoms in total. The van der Waals surface area contributed by atoms with Gasteiger partial charge in [0.05, 0.1) is 18.6 Å². The van der Waals surface area contributed by atoms with E-state index in [1.54, 1.807) is 4.57 Å². The normalized spacial score (nSPS) is 17.1. The number of rotatable bonds is 5.